The van der Waals surface area contributed by atoms with Gasteiger partial charge in [0.25, 0.3) is 5.92 Å². The van der Waals surface area contributed by atoms with Crippen molar-refractivity contribution >= 4 is 48.4 Å². The van der Waals surface area contributed by atoms with E-state index in [4.69, 9.17) is 5.73 Å². The van der Waals surface area contributed by atoms with Crippen molar-refractivity contribution in [1.82, 2.24) is 19.8 Å². The van der Waals surface area contributed by atoms with Crippen LogP contribution in [0, 0.1) is 0 Å². The van der Waals surface area contributed by atoms with Crippen LogP contribution in [0.1, 0.15) is 17.4 Å². The van der Waals surface area contributed by atoms with E-state index in [2.05, 4.69) is 15.3 Å². The SMILES string of the molecule is CC(F)(F)c1ccc(S(=O)(=O)c2nnn3c2nc(-c2ccsc2CN)c2sccc23)cc1. The molecule has 5 aromatic rings. The van der Waals surface area contributed by atoms with E-state index in [1.165, 1.54) is 27.2 Å². The Hall–Kier alpha value is -2.80. The van der Waals surface area contributed by atoms with Crippen LogP contribution < -0.4 is 5.73 Å². The molecule has 164 valence electrons. The van der Waals surface area contributed by atoms with Crippen molar-refractivity contribution in [2.24, 2.45) is 5.73 Å². The van der Waals surface area contributed by atoms with Crippen LogP contribution in [0.4, 0.5) is 8.78 Å². The normalized spacial score (nSPS) is 12.8. The quantitative estimate of drug-likeness (QED) is 0.389. The summed E-state index contributed by atoms with van der Waals surface area (Å²) in [5, 5.41) is 11.4. The molecule has 0 bridgehead atoms. The van der Waals surface area contributed by atoms with Crippen LogP contribution in [0.3, 0.4) is 0 Å². The van der Waals surface area contributed by atoms with Gasteiger partial charge in [0.2, 0.25) is 14.9 Å². The van der Waals surface area contributed by atoms with E-state index < -0.39 is 15.8 Å². The molecule has 0 radical (unpaired) electrons. The van der Waals surface area contributed by atoms with Crippen molar-refractivity contribution in [1.29, 1.82) is 0 Å². The zero-order valence-electron chi connectivity index (χ0n) is 16.5. The molecule has 0 fully saturated rings. The van der Waals surface area contributed by atoms with E-state index in [0.29, 0.717) is 17.8 Å². The molecule has 2 N–H and O–H groups in total. The lowest BCUT2D eigenvalue weighted by atomic mass is 10.1. The molecule has 4 aromatic heterocycles. The lowest BCUT2D eigenvalue weighted by Crippen LogP contribution is -2.09. The van der Waals surface area contributed by atoms with Gasteiger partial charge in [-0.3, -0.25) is 0 Å². The maximum Gasteiger partial charge on any atom is 0.270 e. The molecule has 0 atom stereocenters. The molecule has 4 heterocycles. The highest BCUT2D eigenvalue weighted by atomic mass is 32.2. The van der Waals surface area contributed by atoms with Gasteiger partial charge in [-0.2, -0.15) is 4.52 Å². The first-order valence-electron chi connectivity index (χ1n) is 9.34. The Kier molecular flexibility index (Phi) is 4.85. The van der Waals surface area contributed by atoms with Crippen LogP contribution >= 0.6 is 22.7 Å². The Labute approximate surface area is 189 Å². The van der Waals surface area contributed by atoms with E-state index in [1.807, 2.05) is 22.9 Å². The Morgan fingerprint density at radius 1 is 1.09 bits per heavy atom. The van der Waals surface area contributed by atoms with Crippen LogP contribution in [0.5, 0.6) is 0 Å². The standard InChI is InChI=1S/C20H15F2N5O2S3/c1-20(21,22)11-2-4-12(5-3-11)32(28,29)19-18-24-16(13-6-8-30-15(13)10-23)17-14(7-9-31-17)27(18)26-25-19/h2-9H,10,23H2,1H3. The molecule has 12 heteroatoms. The number of aromatic nitrogens is 4. The number of hydrogen-bond donors (Lipinski definition) is 1. The number of alkyl halides is 2. The summed E-state index contributed by atoms with van der Waals surface area (Å²) in [6.07, 6.45) is 0. The van der Waals surface area contributed by atoms with Crippen LogP contribution in [0.15, 0.2) is 57.1 Å². The summed E-state index contributed by atoms with van der Waals surface area (Å²) in [6.45, 7) is 1.07. The first kappa shape index (κ1) is 21.1. The van der Waals surface area contributed by atoms with Gasteiger partial charge in [0, 0.05) is 29.5 Å². The second-order valence-corrected chi connectivity index (χ2v) is 10.9. The largest absolute Gasteiger partial charge is 0.326 e. The van der Waals surface area contributed by atoms with Gasteiger partial charge in [-0.15, -0.1) is 27.8 Å². The average Bonchev–Trinajstić information content (AvgIpc) is 3.50. The average molecular weight is 492 g/mol. The third-order valence-corrected chi connectivity index (χ3v) is 8.55. The molecule has 0 spiro atoms. The summed E-state index contributed by atoms with van der Waals surface area (Å²) in [5.41, 5.74) is 7.74. The predicted molar refractivity (Wildman–Crippen MR) is 119 cm³/mol. The van der Waals surface area contributed by atoms with Gasteiger partial charge < -0.3 is 5.73 Å². The number of nitrogens with two attached hydrogens (primary N) is 1. The topological polar surface area (TPSA) is 103 Å². The summed E-state index contributed by atoms with van der Waals surface area (Å²) >= 11 is 2.95. The monoisotopic (exact) mass is 491 g/mol. The lowest BCUT2D eigenvalue weighted by molar-refractivity contribution is 0.0174. The van der Waals surface area contributed by atoms with Crippen molar-refractivity contribution in [2.75, 3.05) is 0 Å². The van der Waals surface area contributed by atoms with Gasteiger partial charge in [0.05, 0.1) is 20.8 Å². The second-order valence-electron chi connectivity index (χ2n) is 7.10. The molecule has 0 saturated carbocycles. The highest BCUT2D eigenvalue weighted by Gasteiger charge is 2.30. The first-order chi connectivity index (χ1) is 15.2. The molecule has 1 aromatic carbocycles. The number of halogens is 2. The summed E-state index contributed by atoms with van der Waals surface area (Å²) in [4.78, 5) is 5.39. The Morgan fingerprint density at radius 3 is 2.50 bits per heavy atom. The van der Waals surface area contributed by atoms with Gasteiger partial charge in [-0.25, -0.2) is 22.2 Å². The maximum atomic E-state index is 13.5. The van der Waals surface area contributed by atoms with Gasteiger partial charge in [0.15, 0.2) is 5.65 Å². The van der Waals surface area contributed by atoms with Crippen LogP contribution in [0.2, 0.25) is 0 Å². The van der Waals surface area contributed by atoms with Gasteiger partial charge in [-0.05, 0) is 35.0 Å². The van der Waals surface area contributed by atoms with Crippen LogP contribution in [-0.4, -0.2) is 28.2 Å². The van der Waals surface area contributed by atoms with Crippen molar-refractivity contribution in [3.05, 3.63) is 57.6 Å². The summed E-state index contributed by atoms with van der Waals surface area (Å²) in [7, 11) is -4.16. The zero-order valence-corrected chi connectivity index (χ0v) is 18.9. The highest BCUT2D eigenvalue weighted by Crippen LogP contribution is 2.37. The number of thiophene rings is 2. The Balaban J connectivity index is 1.73. The molecule has 32 heavy (non-hydrogen) atoms. The molecule has 0 unspecified atom stereocenters. The van der Waals surface area contributed by atoms with Crippen molar-refractivity contribution in [3.8, 4) is 11.3 Å². The molecule has 0 amide bonds. The lowest BCUT2D eigenvalue weighted by Gasteiger charge is -2.11. The molecule has 0 aliphatic heterocycles. The summed E-state index contributed by atoms with van der Waals surface area (Å²) in [6, 6.07) is 8.18. The first-order valence-corrected chi connectivity index (χ1v) is 12.6. The van der Waals surface area contributed by atoms with Gasteiger partial charge in [0.1, 0.15) is 0 Å². The molecule has 7 nitrogen and oxygen atoms in total. The number of rotatable bonds is 5. The number of benzene rings is 1. The molecule has 0 saturated heterocycles. The molecule has 0 aliphatic rings. The smallest absolute Gasteiger partial charge is 0.270 e. The fourth-order valence-electron chi connectivity index (χ4n) is 3.43. The summed E-state index contributed by atoms with van der Waals surface area (Å²) in [5.74, 6) is -3.08. The third-order valence-electron chi connectivity index (χ3n) is 5.03. The number of sulfone groups is 1. The molecular formula is C20H15F2N5O2S3. The maximum absolute atomic E-state index is 13.5. The Morgan fingerprint density at radius 2 is 1.81 bits per heavy atom. The predicted octanol–water partition coefficient (Wildman–Crippen LogP) is 4.47. The van der Waals surface area contributed by atoms with E-state index in [1.54, 1.807) is 0 Å². The third kappa shape index (κ3) is 3.22. The summed E-state index contributed by atoms with van der Waals surface area (Å²) < 4.78 is 55.9. The van der Waals surface area contributed by atoms with Gasteiger partial charge >= 0.3 is 0 Å². The number of fused-ring (bicyclic) bond motifs is 3. The van der Waals surface area contributed by atoms with Crippen molar-refractivity contribution in [2.45, 2.75) is 29.3 Å². The van der Waals surface area contributed by atoms with Crippen molar-refractivity contribution < 1.29 is 17.2 Å². The minimum Gasteiger partial charge on any atom is -0.326 e. The highest BCUT2D eigenvalue weighted by molar-refractivity contribution is 7.91. The van der Waals surface area contributed by atoms with E-state index >= 15 is 0 Å². The van der Waals surface area contributed by atoms with E-state index in [-0.39, 0.29) is 21.1 Å². The number of hydrogen-bond acceptors (Lipinski definition) is 8. The van der Waals surface area contributed by atoms with Gasteiger partial charge in [-0.1, -0.05) is 17.3 Å². The molecule has 0 aliphatic carbocycles. The minimum atomic E-state index is -4.16. The van der Waals surface area contributed by atoms with Crippen LogP contribution in [-0.2, 0) is 22.3 Å². The van der Waals surface area contributed by atoms with Crippen LogP contribution in [0.25, 0.3) is 27.1 Å². The number of nitrogens with zero attached hydrogens (tertiary/aromatic N) is 4. The van der Waals surface area contributed by atoms with E-state index in [9.17, 15) is 17.2 Å². The molecule has 5 rings (SSSR count). The minimum absolute atomic E-state index is 0.0602. The Bertz CT molecular complexity index is 1560. The fraction of sp³-hybridized carbons (Fsp3) is 0.150. The van der Waals surface area contributed by atoms with E-state index in [0.717, 1.165) is 46.3 Å². The molecular weight excluding hydrogens is 476 g/mol. The van der Waals surface area contributed by atoms with Crippen molar-refractivity contribution in [3.63, 3.8) is 0 Å². The zero-order chi connectivity index (χ0) is 22.7. The fourth-order valence-corrected chi connectivity index (χ4v) is 6.29. The second kappa shape index (κ2) is 7.37.